The van der Waals surface area contributed by atoms with Gasteiger partial charge in [-0.15, -0.1) is 0 Å². The summed E-state index contributed by atoms with van der Waals surface area (Å²) in [5.74, 6) is 5.77. The summed E-state index contributed by atoms with van der Waals surface area (Å²) in [7, 11) is 0. The molecule has 1 atom stereocenters. The van der Waals surface area contributed by atoms with Gasteiger partial charge in [-0.1, -0.05) is 19.8 Å². The molecule has 1 fully saturated rings. The first-order valence-corrected chi connectivity index (χ1v) is 7.88. The summed E-state index contributed by atoms with van der Waals surface area (Å²) in [4.78, 5) is 14.3. The normalized spacial score (nSPS) is 21.3. The number of carbonyl (C=O) groups excluding carboxylic acids is 1. The SMILES string of the molecule is CC(C)(O)C#Cc1ccc(C(=O)N2CCC(O)CC(C)(C)C2)o1. The zero-order valence-corrected chi connectivity index (χ0v) is 14.2. The first kappa shape index (κ1) is 17.6. The van der Waals surface area contributed by atoms with Crippen molar-refractivity contribution in [3.63, 3.8) is 0 Å². The van der Waals surface area contributed by atoms with Crippen molar-refractivity contribution < 1.29 is 19.4 Å². The van der Waals surface area contributed by atoms with Crippen LogP contribution in [-0.4, -0.2) is 45.8 Å². The van der Waals surface area contributed by atoms with Gasteiger partial charge in [-0.2, -0.15) is 0 Å². The smallest absolute Gasteiger partial charge is 0.289 e. The van der Waals surface area contributed by atoms with Gasteiger partial charge in [-0.3, -0.25) is 4.79 Å². The molecule has 1 saturated heterocycles. The monoisotopic (exact) mass is 319 g/mol. The van der Waals surface area contributed by atoms with E-state index in [4.69, 9.17) is 4.42 Å². The Bertz CT molecular complexity index is 627. The summed E-state index contributed by atoms with van der Waals surface area (Å²) >= 11 is 0. The topological polar surface area (TPSA) is 73.9 Å². The third-order valence-corrected chi connectivity index (χ3v) is 3.73. The minimum absolute atomic E-state index is 0.137. The van der Waals surface area contributed by atoms with E-state index in [9.17, 15) is 15.0 Å². The molecule has 1 unspecified atom stereocenters. The Hall–Kier alpha value is -1.77. The van der Waals surface area contributed by atoms with Crippen LogP contribution in [0.2, 0.25) is 0 Å². The molecule has 2 rings (SSSR count). The number of rotatable bonds is 1. The van der Waals surface area contributed by atoms with Gasteiger partial charge in [-0.05, 0) is 50.2 Å². The van der Waals surface area contributed by atoms with Crippen molar-refractivity contribution in [1.82, 2.24) is 4.90 Å². The molecule has 5 nitrogen and oxygen atoms in total. The molecule has 5 heteroatoms. The van der Waals surface area contributed by atoms with Gasteiger partial charge >= 0.3 is 0 Å². The van der Waals surface area contributed by atoms with Gasteiger partial charge in [0, 0.05) is 13.1 Å². The fourth-order valence-electron chi connectivity index (χ4n) is 2.77. The van der Waals surface area contributed by atoms with Gasteiger partial charge in [0.1, 0.15) is 5.60 Å². The molecule has 126 valence electrons. The van der Waals surface area contributed by atoms with Crippen LogP contribution in [0.25, 0.3) is 0 Å². The highest BCUT2D eigenvalue weighted by Gasteiger charge is 2.32. The largest absolute Gasteiger partial charge is 0.443 e. The molecular weight excluding hydrogens is 294 g/mol. The number of nitrogens with zero attached hydrogens (tertiary/aromatic N) is 1. The Morgan fingerprint density at radius 2 is 2.13 bits per heavy atom. The first-order valence-electron chi connectivity index (χ1n) is 7.88. The highest BCUT2D eigenvalue weighted by atomic mass is 16.4. The minimum Gasteiger partial charge on any atom is -0.443 e. The zero-order chi connectivity index (χ0) is 17.3. The molecular formula is C18H25NO4. The third kappa shape index (κ3) is 5.12. The molecule has 1 aliphatic rings. The van der Waals surface area contributed by atoms with Crippen LogP contribution in [0.4, 0.5) is 0 Å². The fraction of sp³-hybridized carbons (Fsp3) is 0.611. The molecule has 0 saturated carbocycles. The lowest BCUT2D eigenvalue weighted by atomic mass is 9.87. The lowest BCUT2D eigenvalue weighted by Crippen LogP contribution is -2.37. The van der Waals surface area contributed by atoms with Crippen molar-refractivity contribution in [2.24, 2.45) is 5.41 Å². The zero-order valence-electron chi connectivity index (χ0n) is 14.2. The highest BCUT2D eigenvalue weighted by Crippen LogP contribution is 2.29. The van der Waals surface area contributed by atoms with Gasteiger partial charge in [0.05, 0.1) is 6.10 Å². The third-order valence-electron chi connectivity index (χ3n) is 3.73. The van der Waals surface area contributed by atoms with Crippen molar-refractivity contribution in [3.8, 4) is 11.8 Å². The van der Waals surface area contributed by atoms with E-state index in [1.807, 2.05) is 13.8 Å². The Kier molecular flexibility index (Phi) is 4.88. The fourth-order valence-corrected chi connectivity index (χ4v) is 2.77. The molecule has 0 radical (unpaired) electrons. The molecule has 0 bridgehead atoms. The van der Waals surface area contributed by atoms with Crippen molar-refractivity contribution >= 4 is 5.91 Å². The van der Waals surface area contributed by atoms with Crippen LogP contribution in [0, 0.1) is 17.3 Å². The summed E-state index contributed by atoms with van der Waals surface area (Å²) in [6.07, 6.45) is 0.867. The number of carbonyl (C=O) groups is 1. The van der Waals surface area contributed by atoms with Gasteiger partial charge in [0.2, 0.25) is 0 Å². The van der Waals surface area contributed by atoms with Gasteiger partial charge < -0.3 is 19.5 Å². The predicted octanol–water partition coefficient (Wildman–Crippen LogP) is 2.03. The number of furan rings is 1. The summed E-state index contributed by atoms with van der Waals surface area (Å²) in [6, 6.07) is 3.23. The van der Waals surface area contributed by atoms with E-state index >= 15 is 0 Å². The number of aliphatic hydroxyl groups excluding tert-OH is 1. The number of amides is 1. The van der Waals surface area contributed by atoms with E-state index in [1.165, 1.54) is 0 Å². The maximum absolute atomic E-state index is 12.6. The van der Waals surface area contributed by atoms with Crippen molar-refractivity contribution in [2.75, 3.05) is 13.1 Å². The van der Waals surface area contributed by atoms with Crippen LogP contribution in [-0.2, 0) is 0 Å². The first-order chi connectivity index (χ1) is 10.6. The molecule has 0 aliphatic carbocycles. The maximum atomic E-state index is 12.6. The summed E-state index contributed by atoms with van der Waals surface area (Å²) in [5.41, 5.74) is -1.25. The lowest BCUT2D eigenvalue weighted by molar-refractivity contribution is 0.0672. The summed E-state index contributed by atoms with van der Waals surface area (Å²) in [6.45, 7) is 8.34. The lowest BCUT2D eigenvalue weighted by Gasteiger charge is -2.29. The second-order valence-electron chi connectivity index (χ2n) is 7.51. The quantitative estimate of drug-likeness (QED) is 0.777. The average molecular weight is 319 g/mol. The molecule has 23 heavy (non-hydrogen) atoms. The van der Waals surface area contributed by atoms with Gasteiger partial charge in [-0.25, -0.2) is 0 Å². The molecule has 1 aliphatic heterocycles. The summed E-state index contributed by atoms with van der Waals surface area (Å²) < 4.78 is 5.49. The minimum atomic E-state index is -1.11. The van der Waals surface area contributed by atoms with Gasteiger partial charge in [0.25, 0.3) is 5.91 Å². The predicted molar refractivity (Wildman–Crippen MR) is 86.8 cm³/mol. The summed E-state index contributed by atoms with van der Waals surface area (Å²) in [5, 5.41) is 19.5. The average Bonchev–Trinajstić information content (AvgIpc) is 2.82. The Morgan fingerprint density at radius 3 is 2.78 bits per heavy atom. The number of likely N-dealkylation sites (tertiary alicyclic amines) is 1. The van der Waals surface area contributed by atoms with E-state index in [0.717, 1.165) is 0 Å². The molecule has 1 amide bonds. The van der Waals surface area contributed by atoms with Crippen molar-refractivity contribution in [2.45, 2.75) is 52.2 Å². The molecule has 2 N–H and O–H groups in total. The van der Waals surface area contributed by atoms with Crippen LogP contribution < -0.4 is 0 Å². The Morgan fingerprint density at radius 1 is 1.43 bits per heavy atom. The van der Waals surface area contributed by atoms with Crippen LogP contribution >= 0.6 is 0 Å². The van der Waals surface area contributed by atoms with E-state index in [-0.39, 0.29) is 23.2 Å². The molecule has 0 spiro atoms. The van der Waals surface area contributed by atoms with Gasteiger partial charge in [0.15, 0.2) is 11.5 Å². The molecule has 1 aromatic rings. The number of hydrogen-bond acceptors (Lipinski definition) is 4. The van der Waals surface area contributed by atoms with Crippen LogP contribution in [0.1, 0.15) is 56.9 Å². The maximum Gasteiger partial charge on any atom is 0.289 e. The van der Waals surface area contributed by atoms with Crippen LogP contribution in [0.3, 0.4) is 0 Å². The number of hydrogen-bond donors (Lipinski definition) is 2. The molecule has 1 aromatic heterocycles. The van der Waals surface area contributed by atoms with Crippen LogP contribution in [0.5, 0.6) is 0 Å². The Labute approximate surface area is 137 Å². The van der Waals surface area contributed by atoms with E-state index < -0.39 is 5.60 Å². The molecule has 2 heterocycles. The molecule has 0 aromatic carbocycles. The standard InChI is InChI=1S/C18H25NO4/c1-17(2)11-13(20)8-10-19(12-17)16(21)15-6-5-14(23-15)7-9-18(3,4)22/h5-6,13,20,22H,8,10-12H2,1-4H3. The van der Waals surface area contributed by atoms with E-state index in [1.54, 1.807) is 30.9 Å². The Balaban J connectivity index is 2.14. The second-order valence-corrected chi connectivity index (χ2v) is 7.51. The second kappa shape index (κ2) is 6.38. The van der Waals surface area contributed by atoms with E-state index in [2.05, 4.69) is 11.8 Å². The van der Waals surface area contributed by atoms with E-state index in [0.29, 0.717) is 31.7 Å². The van der Waals surface area contributed by atoms with Crippen LogP contribution in [0.15, 0.2) is 16.5 Å². The highest BCUT2D eigenvalue weighted by molar-refractivity contribution is 5.91. The van der Waals surface area contributed by atoms with Crippen molar-refractivity contribution in [1.29, 1.82) is 0 Å². The number of aliphatic hydroxyl groups is 2. The van der Waals surface area contributed by atoms with Crippen molar-refractivity contribution in [3.05, 3.63) is 23.7 Å².